The molecule has 0 spiro atoms. The van der Waals surface area contributed by atoms with Gasteiger partial charge in [-0.25, -0.2) is 5.43 Å². The van der Waals surface area contributed by atoms with Gasteiger partial charge in [-0.05, 0) is 44.0 Å². The van der Waals surface area contributed by atoms with Crippen molar-refractivity contribution >= 4 is 44.8 Å². The van der Waals surface area contributed by atoms with E-state index in [2.05, 4.69) is 31.9 Å². The lowest BCUT2D eigenvalue weighted by Crippen LogP contribution is -2.38. The molecule has 1 aromatic rings. The Morgan fingerprint density at radius 2 is 1.56 bits per heavy atom. The van der Waals surface area contributed by atoms with Crippen molar-refractivity contribution in [1.82, 2.24) is 15.2 Å². The second-order valence-electron chi connectivity index (χ2n) is 7.96. The Hall–Kier alpha value is -3.10. The number of aromatic hydroxyl groups is 2. The number of nitrogens with zero attached hydrogens (tertiary/aromatic N) is 5. The Balaban J connectivity index is 1.75. The van der Waals surface area contributed by atoms with Gasteiger partial charge in [-0.1, -0.05) is 18.1 Å². The molecular weight excluding hydrogens is 404 g/mol. The summed E-state index contributed by atoms with van der Waals surface area (Å²) in [5.74, 6) is 0.527. The fourth-order valence-electron chi connectivity index (χ4n) is 3.72. The fourth-order valence-corrected chi connectivity index (χ4v) is 3.72. The number of benzene rings is 1. The number of nitrogens with one attached hydrogen (secondary N) is 1. The summed E-state index contributed by atoms with van der Waals surface area (Å²) in [4.78, 5) is 13.4. The molecule has 0 atom stereocenters. The first-order valence-corrected chi connectivity index (χ1v) is 10.9. The number of rotatable bonds is 4. The molecular formula is C21H29B2N7O2. The zero-order valence-electron chi connectivity index (χ0n) is 18.3. The van der Waals surface area contributed by atoms with Crippen LogP contribution < -0.4 is 22.1 Å². The highest BCUT2D eigenvalue weighted by Crippen LogP contribution is 2.17. The molecule has 0 aromatic heterocycles. The average molecular weight is 433 g/mol. The number of phenols is 2. The minimum atomic E-state index is -0.370. The Morgan fingerprint density at radius 3 is 2.19 bits per heavy atom. The quantitative estimate of drug-likeness (QED) is 0.224. The Kier molecular flexibility index (Phi) is 8.08. The van der Waals surface area contributed by atoms with E-state index in [9.17, 15) is 10.2 Å². The standard InChI is InChI=1S/C21H29B2N7O2/c1-14(29-8-4-2-5-9-29)26-21(30-10-6-3-7-11-30)27-20(24)28-25-13-15-12-16(22)19(32)17(23)18(15)31/h12-13,31-32H,1-11H2,(H3,24,26,27,28)/b25-13+. The van der Waals surface area contributed by atoms with Crippen molar-refractivity contribution < 1.29 is 10.2 Å². The van der Waals surface area contributed by atoms with E-state index in [1.165, 1.54) is 25.1 Å². The number of nitrogens with two attached hydrogens (primary N) is 1. The molecule has 166 valence electrons. The van der Waals surface area contributed by atoms with Crippen molar-refractivity contribution in [2.45, 2.75) is 38.5 Å². The summed E-state index contributed by atoms with van der Waals surface area (Å²) >= 11 is 0. The van der Waals surface area contributed by atoms with Crippen LogP contribution in [0, 0.1) is 0 Å². The molecule has 0 saturated carbocycles. The maximum atomic E-state index is 10.0. The van der Waals surface area contributed by atoms with Crippen LogP contribution in [0.5, 0.6) is 11.5 Å². The Labute approximate surface area is 191 Å². The summed E-state index contributed by atoms with van der Waals surface area (Å²) in [7, 11) is 11.3. The third-order valence-corrected chi connectivity index (χ3v) is 5.56. The number of guanidine groups is 2. The molecule has 2 heterocycles. The molecule has 0 bridgehead atoms. The predicted octanol–water partition coefficient (Wildman–Crippen LogP) is -0.277. The average Bonchev–Trinajstić information content (AvgIpc) is 2.81. The molecule has 4 radical (unpaired) electrons. The maximum Gasteiger partial charge on any atom is 0.230 e. The SMILES string of the molecule is [B]c1cc(/C=N/NC(N)=NC(=NC(=C)N2CCCCC2)N2CCCCC2)c(O)c([B])c1O. The topological polar surface area (TPSA) is 122 Å². The maximum absolute atomic E-state index is 10.0. The van der Waals surface area contributed by atoms with Gasteiger partial charge in [0.25, 0.3) is 0 Å². The number of hydrogen-bond donors (Lipinski definition) is 4. The number of hydrogen-bond acceptors (Lipinski definition) is 5. The minimum absolute atomic E-state index is 0.0270. The molecule has 1 aromatic carbocycles. The Bertz CT molecular complexity index is 921. The Morgan fingerprint density at radius 1 is 0.969 bits per heavy atom. The molecule has 32 heavy (non-hydrogen) atoms. The van der Waals surface area contributed by atoms with Crippen LogP contribution in [0.3, 0.4) is 0 Å². The summed E-state index contributed by atoms with van der Waals surface area (Å²) < 4.78 is 0. The second-order valence-corrected chi connectivity index (χ2v) is 7.96. The first-order valence-electron chi connectivity index (χ1n) is 10.9. The van der Waals surface area contributed by atoms with E-state index in [-0.39, 0.29) is 33.9 Å². The first-order chi connectivity index (χ1) is 15.4. The van der Waals surface area contributed by atoms with E-state index in [0.717, 1.165) is 51.9 Å². The molecule has 0 aliphatic carbocycles. The summed E-state index contributed by atoms with van der Waals surface area (Å²) in [5.41, 5.74) is 8.70. The lowest BCUT2D eigenvalue weighted by Gasteiger charge is -2.31. The number of piperidine rings is 2. The summed E-state index contributed by atoms with van der Waals surface area (Å²) in [6.45, 7) is 7.73. The first kappa shape index (κ1) is 23.6. The van der Waals surface area contributed by atoms with Crippen molar-refractivity contribution in [1.29, 1.82) is 0 Å². The van der Waals surface area contributed by atoms with Crippen LogP contribution in [0.2, 0.25) is 0 Å². The van der Waals surface area contributed by atoms with Crippen molar-refractivity contribution in [3.63, 3.8) is 0 Å². The fraction of sp³-hybridized carbons (Fsp3) is 0.476. The van der Waals surface area contributed by atoms with E-state index in [0.29, 0.717) is 11.8 Å². The molecule has 3 rings (SSSR count). The van der Waals surface area contributed by atoms with Gasteiger partial charge in [0.05, 0.1) is 6.21 Å². The van der Waals surface area contributed by atoms with Gasteiger partial charge in [0.15, 0.2) is 0 Å². The third-order valence-electron chi connectivity index (χ3n) is 5.56. The van der Waals surface area contributed by atoms with Gasteiger partial charge in [-0.15, -0.1) is 0 Å². The van der Waals surface area contributed by atoms with Gasteiger partial charge in [-0.3, -0.25) is 0 Å². The molecule has 2 aliphatic rings. The van der Waals surface area contributed by atoms with E-state index in [1.807, 2.05) is 0 Å². The second kappa shape index (κ2) is 11.0. The monoisotopic (exact) mass is 433 g/mol. The van der Waals surface area contributed by atoms with E-state index < -0.39 is 0 Å². The third kappa shape index (κ3) is 5.99. The normalized spacial score (nSPS) is 18.2. The summed E-state index contributed by atoms with van der Waals surface area (Å²) in [5, 5.41) is 23.7. The zero-order chi connectivity index (χ0) is 23.1. The van der Waals surface area contributed by atoms with Gasteiger partial charge < -0.3 is 25.7 Å². The van der Waals surface area contributed by atoms with Gasteiger partial charge in [-0.2, -0.15) is 15.1 Å². The van der Waals surface area contributed by atoms with Crippen LogP contribution in [0.25, 0.3) is 0 Å². The van der Waals surface area contributed by atoms with Crippen LogP contribution in [0.4, 0.5) is 0 Å². The lowest BCUT2D eigenvalue weighted by atomic mass is 9.83. The smallest absolute Gasteiger partial charge is 0.230 e. The van der Waals surface area contributed by atoms with Crippen molar-refractivity contribution in [2.75, 3.05) is 26.2 Å². The highest BCUT2D eigenvalue weighted by molar-refractivity contribution is 6.43. The minimum Gasteiger partial charge on any atom is -0.509 e. The molecule has 2 saturated heterocycles. The van der Waals surface area contributed by atoms with Gasteiger partial charge >= 0.3 is 0 Å². The van der Waals surface area contributed by atoms with Crippen LogP contribution in [-0.4, -0.2) is 80.0 Å². The number of likely N-dealkylation sites (tertiary alicyclic amines) is 2. The number of phenolic OH excluding ortho intramolecular Hbond substituents is 2. The van der Waals surface area contributed by atoms with E-state index in [4.69, 9.17) is 26.4 Å². The highest BCUT2D eigenvalue weighted by atomic mass is 16.3. The lowest BCUT2D eigenvalue weighted by molar-refractivity contribution is 0.281. The van der Waals surface area contributed by atoms with Crippen molar-refractivity contribution in [3.8, 4) is 11.5 Å². The van der Waals surface area contributed by atoms with E-state index >= 15 is 0 Å². The molecule has 5 N–H and O–H groups in total. The van der Waals surface area contributed by atoms with Gasteiger partial charge in [0.2, 0.25) is 11.9 Å². The van der Waals surface area contributed by atoms with Crippen LogP contribution in [0.15, 0.2) is 33.6 Å². The molecule has 2 fully saturated rings. The zero-order valence-corrected chi connectivity index (χ0v) is 18.3. The van der Waals surface area contributed by atoms with E-state index in [1.54, 1.807) is 0 Å². The van der Waals surface area contributed by atoms with Gasteiger partial charge in [0.1, 0.15) is 33.0 Å². The van der Waals surface area contributed by atoms with Crippen LogP contribution >= 0.6 is 0 Å². The predicted molar refractivity (Wildman–Crippen MR) is 130 cm³/mol. The largest absolute Gasteiger partial charge is 0.509 e. The highest BCUT2D eigenvalue weighted by Gasteiger charge is 2.18. The van der Waals surface area contributed by atoms with Gasteiger partial charge in [0, 0.05) is 31.7 Å². The number of aliphatic imine (C=N–C) groups is 2. The molecule has 9 nitrogen and oxygen atoms in total. The molecule has 2 aliphatic heterocycles. The number of hydrazone groups is 1. The summed E-state index contributed by atoms with van der Waals surface area (Å²) in [6, 6.07) is 1.35. The van der Waals surface area contributed by atoms with Crippen molar-refractivity contribution in [2.24, 2.45) is 20.8 Å². The van der Waals surface area contributed by atoms with Crippen LogP contribution in [-0.2, 0) is 0 Å². The molecule has 0 unspecified atom stereocenters. The van der Waals surface area contributed by atoms with Crippen LogP contribution in [0.1, 0.15) is 44.1 Å². The summed E-state index contributed by atoms with van der Waals surface area (Å²) in [6.07, 6.45) is 8.10. The molecule has 11 heteroatoms. The molecule has 0 amide bonds. The van der Waals surface area contributed by atoms with Crippen molar-refractivity contribution in [3.05, 3.63) is 24.0 Å².